The zero-order valence-corrected chi connectivity index (χ0v) is 17.4. The molecule has 3 nitrogen and oxygen atoms in total. The Labute approximate surface area is 170 Å². The molecule has 0 amide bonds. The highest BCUT2D eigenvalue weighted by Gasteiger charge is 2.02. The van der Waals surface area contributed by atoms with Crippen molar-refractivity contribution in [3.63, 3.8) is 0 Å². The molecular weight excluding hydrogens is 344 g/mol. The van der Waals surface area contributed by atoms with Crippen LogP contribution in [0.4, 0.5) is 0 Å². The normalized spacial score (nSPS) is 12.4. The average Bonchev–Trinajstić information content (AvgIpc) is 2.72. The zero-order chi connectivity index (χ0) is 20.0. The third kappa shape index (κ3) is 8.18. The lowest BCUT2D eigenvalue weighted by Gasteiger charge is -2.11. The van der Waals surface area contributed by atoms with Gasteiger partial charge in [0, 0.05) is 12.2 Å². The van der Waals surface area contributed by atoms with E-state index in [0.29, 0.717) is 6.10 Å². The number of hydrogen-bond acceptors (Lipinski definition) is 3. The summed E-state index contributed by atoms with van der Waals surface area (Å²) < 4.78 is 5.83. The van der Waals surface area contributed by atoms with Crippen molar-refractivity contribution in [2.24, 2.45) is 0 Å². The smallest absolute Gasteiger partial charge is 0.0930 e. The van der Waals surface area contributed by atoms with E-state index in [1.165, 1.54) is 24.8 Å². The predicted octanol–water partition coefficient (Wildman–Crippen LogP) is 6.65. The molecule has 0 aliphatic carbocycles. The Morgan fingerprint density at radius 3 is 2.54 bits per heavy atom. The van der Waals surface area contributed by atoms with Crippen LogP contribution in [0, 0.1) is 0 Å². The molecule has 1 aromatic carbocycles. The largest absolute Gasteiger partial charge is 0.379 e. The zero-order valence-electron chi connectivity index (χ0n) is 17.4. The number of unbranched alkanes of at least 4 members (excludes halogenated alkanes) is 3. The van der Waals surface area contributed by atoms with E-state index in [4.69, 9.17) is 4.74 Å². The van der Waals surface area contributed by atoms with Gasteiger partial charge in [0.1, 0.15) is 0 Å². The topological polar surface area (TPSA) is 35.0 Å². The van der Waals surface area contributed by atoms with Crippen LogP contribution in [0.15, 0.2) is 55.1 Å². The second-order valence-corrected chi connectivity index (χ2v) is 7.25. The molecule has 0 saturated heterocycles. The number of ether oxygens (including phenoxy) is 1. The van der Waals surface area contributed by atoms with Crippen LogP contribution in [0.2, 0.25) is 0 Å². The van der Waals surface area contributed by atoms with Crippen LogP contribution in [0.1, 0.15) is 63.6 Å². The number of aromatic nitrogens is 2. The summed E-state index contributed by atoms with van der Waals surface area (Å²) >= 11 is 0. The second kappa shape index (κ2) is 13.0. The molecular formula is C25H34N2O. The van der Waals surface area contributed by atoms with Gasteiger partial charge in [0.05, 0.1) is 17.5 Å². The van der Waals surface area contributed by atoms with Crippen LogP contribution >= 0.6 is 0 Å². The SMILES string of the molecule is C=CCc1ccc(-c2ccc(/C=C/CCCC(C)OCCCCC)nn2)cc1. The fourth-order valence-electron chi connectivity index (χ4n) is 3.01. The molecule has 2 rings (SSSR count). The van der Waals surface area contributed by atoms with Crippen molar-refractivity contribution in [2.45, 2.75) is 64.9 Å². The summed E-state index contributed by atoms with van der Waals surface area (Å²) in [6.07, 6.45) is 14.3. The molecule has 0 bridgehead atoms. The second-order valence-electron chi connectivity index (χ2n) is 7.25. The Hall–Kier alpha value is -2.26. The van der Waals surface area contributed by atoms with E-state index in [-0.39, 0.29) is 0 Å². The Balaban J connectivity index is 1.72. The Morgan fingerprint density at radius 2 is 1.86 bits per heavy atom. The fourth-order valence-corrected chi connectivity index (χ4v) is 3.01. The number of rotatable bonds is 13. The van der Waals surface area contributed by atoms with Gasteiger partial charge in [-0.25, -0.2) is 0 Å². The van der Waals surface area contributed by atoms with Crippen molar-refractivity contribution in [1.29, 1.82) is 0 Å². The third-order valence-electron chi connectivity index (χ3n) is 4.74. The summed E-state index contributed by atoms with van der Waals surface area (Å²) in [6.45, 7) is 9.05. The quantitative estimate of drug-likeness (QED) is 0.289. The lowest BCUT2D eigenvalue weighted by molar-refractivity contribution is 0.0566. The van der Waals surface area contributed by atoms with Gasteiger partial charge in [-0.05, 0) is 62.8 Å². The summed E-state index contributed by atoms with van der Waals surface area (Å²) in [5.41, 5.74) is 4.14. The first-order valence-electron chi connectivity index (χ1n) is 10.5. The molecule has 0 N–H and O–H groups in total. The van der Waals surface area contributed by atoms with Crippen LogP contribution in [0.25, 0.3) is 17.3 Å². The lowest BCUT2D eigenvalue weighted by atomic mass is 10.1. The molecule has 0 saturated carbocycles. The van der Waals surface area contributed by atoms with Crippen LogP contribution in [0.5, 0.6) is 0 Å². The van der Waals surface area contributed by atoms with Gasteiger partial charge >= 0.3 is 0 Å². The molecule has 1 atom stereocenters. The maximum Gasteiger partial charge on any atom is 0.0930 e. The van der Waals surface area contributed by atoms with E-state index < -0.39 is 0 Å². The molecule has 1 heterocycles. The van der Waals surface area contributed by atoms with Crippen LogP contribution in [-0.4, -0.2) is 22.9 Å². The van der Waals surface area contributed by atoms with Crippen LogP contribution < -0.4 is 0 Å². The monoisotopic (exact) mass is 378 g/mol. The predicted molar refractivity (Wildman–Crippen MR) is 119 cm³/mol. The summed E-state index contributed by atoms with van der Waals surface area (Å²) in [7, 11) is 0. The molecule has 0 spiro atoms. The van der Waals surface area contributed by atoms with Crippen molar-refractivity contribution in [1.82, 2.24) is 10.2 Å². The van der Waals surface area contributed by atoms with Gasteiger partial charge in [0.2, 0.25) is 0 Å². The minimum atomic E-state index is 0.349. The molecule has 0 aliphatic heterocycles. The standard InChI is InChI=1S/C25H34N2O/c1-4-6-10-20-28-21(3)12-8-7-9-13-24-18-19-25(27-26-24)23-16-14-22(11-5-2)15-17-23/h5,9,13-19,21H,2,4,6-8,10-12,20H2,1,3H3/b13-9+. The number of nitrogens with zero attached hydrogens (tertiary/aromatic N) is 2. The number of hydrogen-bond donors (Lipinski definition) is 0. The van der Waals surface area contributed by atoms with E-state index in [2.05, 4.69) is 67.0 Å². The van der Waals surface area contributed by atoms with E-state index in [1.807, 2.05) is 18.2 Å². The highest BCUT2D eigenvalue weighted by Crippen LogP contribution is 2.17. The Kier molecular flexibility index (Phi) is 10.2. The molecule has 3 heteroatoms. The average molecular weight is 379 g/mol. The molecule has 0 radical (unpaired) electrons. The van der Waals surface area contributed by atoms with Crippen molar-refractivity contribution >= 4 is 6.08 Å². The Morgan fingerprint density at radius 1 is 1.04 bits per heavy atom. The number of benzene rings is 1. The summed E-state index contributed by atoms with van der Waals surface area (Å²) in [5.74, 6) is 0. The van der Waals surface area contributed by atoms with Gasteiger partial charge in [-0.15, -0.1) is 11.7 Å². The van der Waals surface area contributed by atoms with Crippen molar-refractivity contribution in [3.05, 3.63) is 66.4 Å². The fraction of sp³-hybridized carbons (Fsp3) is 0.440. The van der Waals surface area contributed by atoms with Gasteiger partial charge in [-0.1, -0.05) is 56.2 Å². The molecule has 0 fully saturated rings. The molecule has 0 aliphatic rings. The molecule has 150 valence electrons. The molecule has 1 unspecified atom stereocenters. The van der Waals surface area contributed by atoms with E-state index in [9.17, 15) is 0 Å². The van der Waals surface area contributed by atoms with Gasteiger partial charge < -0.3 is 4.74 Å². The van der Waals surface area contributed by atoms with Crippen LogP contribution in [0.3, 0.4) is 0 Å². The minimum absolute atomic E-state index is 0.349. The van der Waals surface area contributed by atoms with E-state index in [1.54, 1.807) is 0 Å². The first kappa shape index (κ1) is 22.0. The maximum atomic E-state index is 5.83. The lowest BCUT2D eigenvalue weighted by Crippen LogP contribution is -2.08. The summed E-state index contributed by atoms with van der Waals surface area (Å²) in [6, 6.07) is 12.5. The number of allylic oxidation sites excluding steroid dienone is 2. The van der Waals surface area contributed by atoms with Crippen LogP contribution in [-0.2, 0) is 11.2 Å². The van der Waals surface area contributed by atoms with Gasteiger partial charge in [-0.2, -0.15) is 5.10 Å². The van der Waals surface area contributed by atoms with Gasteiger partial charge in [0.15, 0.2) is 0 Å². The highest BCUT2D eigenvalue weighted by molar-refractivity contribution is 5.60. The summed E-state index contributed by atoms with van der Waals surface area (Å²) in [5, 5.41) is 8.69. The first-order chi connectivity index (χ1) is 13.7. The maximum absolute atomic E-state index is 5.83. The van der Waals surface area contributed by atoms with Gasteiger partial charge in [-0.3, -0.25) is 0 Å². The highest BCUT2D eigenvalue weighted by atomic mass is 16.5. The van der Waals surface area contributed by atoms with Crippen molar-refractivity contribution < 1.29 is 4.74 Å². The van der Waals surface area contributed by atoms with Crippen molar-refractivity contribution in [2.75, 3.05) is 6.61 Å². The first-order valence-corrected chi connectivity index (χ1v) is 10.5. The molecule has 1 aromatic heterocycles. The van der Waals surface area contributed by atoms with E-state index in [0.717, 1.165) is 49.2 Å². The minimum Gasteiger partial charge on any atom is -0.379 e. The molecule has 28 heavy (non-hydrogen) atoms. The summed E-state index contributed by atoms with van der Waals surface area (Å²) in [4.78, 5) is 0. The third-order valence-corrected chi connectivity index (χ3v) is 4.74. The van der Waals surface area contributed by atoms with E-state index >= 15 is 0 Å². The Bertz CT molecular complexity index is 704. The van der Waals surface area contributed by atoms with Gasteiger partial charge in [0.25, 0.3) is 0 Å². The molecule has 2 aromatic rings. The van der Waals surface area contributed by atoms with Crippen molar-refractivity contribution in [3.8, 4) is 11.3 Å².